The van der Waals surface area contributed by atoms with E-state index in [1.807, 2.05) is 25.3 Å². The van der Waals surface area contributed by atoms with Crippen LogP contribution in [0.2, 0.25) is 0 Å². The Morgan fingerprint density at radius 1 is 0.882 bits per heavy atom. The molecule has 0 N–H and O–H groups in total. The van der Waals surface area contributed by atoms with Gasteiger partial charge in [0, 0.05) is 45.0 Å². The third-order valence-electron chi connectivity index (χ3n) is 8.50. The molecule has 0 aliphatic heterocycles. The van der Waals surface area contributed by atoms with E-state index >= 15 is 0 Å². The first-order valence-corrected chi connectivity index (χ1v) is 11.9. The van der Waals surface area contributed by atoms with Gasteiger partial charge in [0.15, 0.2) is 5.82 Å². The van der Waals surface area contributed by atoms with Crippen molar-refractivity contribution < 1.29 is 20.1 Å². The van der Waals surface area contributed by atoms with Crippen LogP contribution in [0, 0.1) is 18.4 Å². The van der Waals surface area contributed by atoms with Crippen molar-refractivity contribution in [3.8, 4) is 22.6 Å². The van der Waals surface area contributed by atoms with E-state index in [9.17, 15) is 0 Å². The Morgan fingerprint density at radius 3 is 2.12 bits per heavy atom. The van der Waals surface area contributed by atoms with Crippen LogP contribution in [0.15, 0.2) is 30.5 Å². The van der Waals surface area contributed by atoms with E-state index in [2.05, 4.69) is 88.5 Å². The second kappa shape index (κ2) is 9.12. The van der Waals surface area contributed by atoms with Gasteiger partial charge in [-0.15, -0.1) is 34.9 Å². The number of fused-ring (bicyclic) bond motifs is 1. The Labute approximate surface area is 218 Å². The maximum Gasteiger partial charge on any atom is 0.229 e. The number of aryl methyl sites for hydroxylation is 1. The molecule has 34 heavy (non-hydrogen) atoms. The summed E-state index contributed by atoms with van der Waals surface area (Å²) in [6, 6.07) is 12.1. The number of anilines is 1. The molecule has 1 aromatic carbocycles. The first-order chi connectivity index (χ1) is 15.4. The Bertz CT molecular complexity index is 1180. The van der Waals surface area contributed by atoms with Crippen LogP contribution in [0.25, 0.3) is 22.6 Å². The minimum atomic E-state index is 0. The predicted molar refractivity (Wildman–Crippen MR) is 135 cm³/mol. The zero-order chi connectivity index (χ0) is 24.2. The molecule has 5 nitrogen and oxygen atoms in total. The number of pyridine rings is 1. The normalized spacial score (nSPS) is 17.1. The monoisotopic (exact) mass is 635 g/mol. The van der Waals surface area contributed by atoms with Gasteiger partial charge in [0.1, 0.15) is 5.82 Å². The van der Waals surface area contributed by atoms with Crippen molar-refractivity contribution >= 4 is 5.95 Å². The summed E-state index contributed by atoms with van der Waals surface area (Å²) in [5.74, 6) is 2.09. The van der Waals surface area contributed by atoms with Crippen LogP contribution in [0.5, 0.6) is 0 Å². The summed E-state index contributed by atoms with van der Waals surface area (Å²) in [7, 11) is 0. The zero-order valence-corrected chi connectivity index (χ0v) is 24.3. The molecule has 0 bridgehead atoms. The molecule has 0 saturated carbocycles. The first kappa shape index (κ1) is 26.4. The van der Waals surface area contributed by atoms with Crippen molar-refractivity contribution in [2.24, 2.45) is 5.41 Å². The summed E-state index contributed by atoms with van der Waals surface area (Å²) in [6.07, 6.45) is 1.86. The fourth-order valence-corrected chi connectivity index (χ4v) is 5.06. The first-order valence-electron chi connectivity index (χ1n) is 11.9. The van der Waals surface area contributed by atoms with E-state index in [1.54, 1.807) is 0 Å². The van der Waals surface area contributed by atoms with Crippen LogP contribution in [0.1, 0.15) is 72.3 Å². The molecule has 0 saturated heterocycles. The van der Waals surface area contributed by atoms with E-state index in [4.69, 9.17) is 9.97 Å². The van der Waals surface area contributed by atoms with Gasteiger partial charge < -0.3 is 9.88 Å². The van der Waals surface area contributed by atoms with Crippen LogP contribution in [0.3, 0.4) is 0 Å². The summed E-state index contributed by atoms with van der Waals surface area (Å²) in [5, 5.41) is 0. The van der Waals surface area contributed by atoms with Crippen molar-refractivity contribution in [1.82, 2.24) is 19.9 Å². The standard InChI is InChI=1S/C28H36N5.Ir/c1-10-33(11-2)25-31-18(3)30-24(32-25)20-13-15-23(29-17-20)19-12-14-21-22(16-19)27(6,7)28(8,9)26(21,4)5;/h13-17H,10-11H2,1-9H3;/q-1;. The molecule has 2 aromatic heterocycles. The molecule has 4 rings (SSSR count). The molecule has 183 valence electrons. The fourth-order valence-electron chi connectivity index (χ4n) is 5.06. The summed E-state index contributed by atoms with van der Waals surface area (Å²) < 4.78 is 0. The van der Waals surface area contributed by atoms with E-state index in [-0.39, 0.29) is 36.4 Å². The van der Waals surface area contributed by atoms with Crippen molar-refractivity contribution in [3.63, 3.8) is 0 Å². The third kappa shape index (κ3) is 3.99. The van der Waals surface area contributed by atoms with E-state index in [0.717, 1.165) is 29.9 Å². The maximum atomic E-state index is 4.77. The van der Waals surface area contributed by atoms with Crippen molar-refractivity contribution in [1.29, 1.82) is 0 Å². The van der Waals surface area contributed by atoms with Gasteiger partial charge in [0.05, 0.1) is 0 Å². The minimum Gasteiger partial charge on any atom is -0.341 e. The Balaban J connectivity index is 0.00000324. The topological polar surface area (TPSA) is 54.8 Å². The van der Waals surface area contributed by atoms with Crippen molar-refractivity contribution in [3.05, 3.63) is 53.5 Å². The molecule has 0 atom stereocenters. The molecule has 1 aliphatic rings. The van der Waals surface area contributed by atoms with Gasteiger partial charge in [0.25, 0.3) is 0 Å². The maximum absolute atomic E-state index is 4.77. The molecular formula is C28H36IrN5-. The molecule has 0 amide bonds. The summed E-state index contributed by atoms with van der Waals surface area (Å²) in [5.41, 5.74) is 5.88. The van der Waals surface area contributed by atoms with Gasteiger partial charge in [-0.2, -0.15) is 9.97 Å². The second-order valence-corrected chi connectivity index (χ2v) is 10.7. The molecule has 6 heteroatoms. The largest absolute Gasteiger partial charge is 0.341 e. The van der Waals surface area contributed by atoms with Gasteiger partial charge in [-0.1, -0.05) is 53.7 Å². The number of hydrogen-bond acceptors (Lipinski definition) is 5. The van der Waals surface area contributed by atoms with E-state index in [1.165, 1.54) is 11.1 Å². The third-order valence-corrected chi connectivity index (χ3v) is 8.50. The van der Waals surface area contributed by atoms with Gasteiger partial charge in [0.2, 0.25) is 5.95 Å². The number of benzene rings is 1. The number of rotatable bonds is 5. The van der Waals surface area contributed by atoms with Crippen LogP contribution in [-0.4, -0.2) is 33.0 Å². The Hall–Kier alpha value is -2.17. The van der Waals surface area contributed by atoms with Crippen molar-refractivity contribution in [2.75, 3.05) is 18.0 Å². The van der Waals surface area contributed by atoms with E-state index < -0.39 is 0 Å². The Kier molecular flexibility index (Phi) is 7.09. The van der Waals surface area contributed by atoms with Crippen LogP contribution < -0.4 is 4.90 Å². The average molecular weight is 635 g/mol. The summed E-state index contributed by atoms with van der Waals surface area (Å²) in [6.45, 7) is 22.0. The summed E-state index contributed by atoms with van der Waals surface area (Å²) >= 11 is 0. The van der Waals surface area contributed by atoms with Gasteiger partial charge in [-0.05, 0) is 42.7 Å². The molecule has 1 aliphatic carbocycles. The summed E-state index contributed by atoms with van der Waals surface area (Å²) in [4.78, 5) is 20.7. The van der Waals surface area contributed by atoms with Crippen LogP contribution >= 0.6 is 0 Å². The second-order valence-electron chi connectivity index (χ2n) is 10.7. The Morgan fingerprint density at radius 2 is 1.53 bits per heavy atom. The number of aromatic nitrogens is 4. The van der Waals surface area contributed by atoms with Crippen molar-refractivity contribution in [2.45, 2.75) is 73.1 Å². The quantitative estimate of drug-likeness (QED) is 0.316. The van der Waals surface area contributed by atoms with Crippen LogP contribution in [-0.2, 0) is 30.9 Å². The molecule has 0 unspecified atom stereocenters. The fraction of sp³-hybridized carbons (Fsp3) is 0.500. The average Bonchev–Trinajstić information content (AvgIpc) is 2.88. The number of nitrogens with zero attached hydrogens (tertiary/aromatic N) is 5. The molecule has 1 radical (unpaired) electrons. The molecule has 2 heterocycles. The SMILES string of the molecule is CCN(CC)c1nc(C)nc(-c2ccc(-c3[c-]cc4c(c3)C(C)(C)C(C)(C)C4(C)C)nc2)n1.[Ir]. The van der Waals surface area contributed by atoms with Gasteiger partial charge in [-0.3, -0.25) is 0 Å². The molecule has 0 fully saturated rings. The smallest absolute Gasteiger partial charge is 0.229 e. The van der Waals surface area contributed by atoms with Gasteiger partial charge >= 0.3 is 0 Å². The van der Waals surface area contributed by atoms with Crippen LogP contribution in [0.4, 0.5) is 5.95 Å². The molecular weight excluding hydrogens is 599 g/mol. The van der Waals surface area contributed by atoms with E-state index in [0.29, 0.717) is 17.6 Å². The zero-order valence-electron chi connectivity index (χ0n) is 21.9. The van der Waals surface area contributed by atoms with Gasteiger partial charge in [-0.25, -0.2) is 4.98 Å². The number of hydrogen-bond donors (Lipinski definition) is 0. The molecule has 3 aromatic rings. The molecule has 0 spiro atoms. The minimum absolute atomic E-state index is 0. The predicted octanol–water partition coefficient (Wildman–Crippen LogP) is 6.15.